The van der Waals surface area contributed by atoms with E-state index in [1.807, 2.05) is 0 Å². The maximum absolute atomic E-state index is 14.2. The van der Waals surface area contributed by atoms with Gasteiger partial charge in [0.25, 0.3) is 0 Å². The summed E-state index contributed by atoms with van der Waals surface area (Å²) in [5.74, 6) is -0.515. The molecule has 4 N–H and O–H groups in total. The van der Waals surface area contributed by atoms with Gasteiger partial charge in [-0.05, 0) is 45.8 Å². The average Bonchev–Trinajstić information content (AvgIpc) is 2.51. The first kappa shape index (κ1) is 15.3. The van der Waals surface area contributed by atoms with Crippen LogP contribution < -0.4 is 10.5 Å². The topological polar surface area (TPSA) is 88.1 Å². The molecule has 5 nitrogen and oxygen atoms in total. The highest BCUT2D eigenvalue weighted by molar-refractivity contribution is 9.10. The first-order valence-corrected chi connectivity index (χ1v) is 6.69. The second-order valence-corrected chi connectivity index (χ2v) is 4.93. The summed E-state index contributed by atoms with van der Waals surface area (Å²) < 4.78 is 19.7. The monoisotopic (exact) mass is 354 g/mol. The van der Waals surface area contributed by atoms with Gasteiger partial charge < -0.3 is 20.8 Å². The van der Waals surface area contributed by atoms with Crippen LogP contribution in [0.2, 0.25) is 0 Å². The average molecular weight is 355 g/mol. The van der Waals surface area contributed by atoms with E-state index in [1.165, 1.54) is 12.1 Å². The van der Waals surface area contributed by atoms with E-state index in [9.17, 15) is 4.39 Å². The Morgan fingerprint density at radius 3 is 2.76 bits per heavy atom. The Hall–Kier alpha value is -2.12. The minimum Gasteiger partial charge on any atom is -0.454 e. The molecule has 2 aromatic carbocycles. The van der Waals surface area contributed by atoms with Crippen LogP contribution in [0.4, 0.5) is 4.39 Å². The fourth-order valence-electron chi connectivity index (χ4n) is 1.70. The summed E-state index contributed by atoms with van der Waals surface area (Å²) in [4.78, 5) is 0. The standard InChI is InChI=1S/C14H12BrFN2O3/c15-12-10(14(17)18-20)4-5-11(13(12)16)21-9-3-1-2-8(6-9)7-19/h1-6,19-20H,7H2,(H2,17,18). The summed E-state index contributed by atoms with van der Waals surface area (Å²) in [5, 5.41) is 20.5. The van der Waals surface area contributed by atoms with Crippen molar-refractivity contribution in [1.29, 1.82) is 0 Å². The molecular formula is C14H12BrFN2O3. The lowest BCUT2D eigenvalue weighted by Crippen LogP contribution is -2.14. The molecule has 2 rings (SSSR count). The Balaban J connectivity index is 2.35. The molecule has 110 valence electrons. The summed E-state index contributed by atoms with van der Waals surface area (Å²) in [6.45, 7) is -0.133. The number of oxime groups is 1. The van der Waals surface area contributed by atoms with E-state index in [2.05, 4.69) is 21.1 Å². The molecule has 0 aliphatic rings. The predicted molar refractivity (Wildman–Crippen MR) is 79.0 cm³/mol. The zero-order valence-electron chi connectivity index (χ0n) is 10.8. The highest BCUT2D eigenvalue weighted by Gasteiger charge is 2.15. The van der Waals surface area contributed by atoms with Crippen LogP contribution in [-0.4, -0.2) is 16.1 Å². The van der Waals surface area contributed by atoms with Gasteiger partial charge in [-0.15, -0.1) is 0 Å². The Labute approximate surface area is 128 Å². The van der Waals surface area contributed by atoms with E-state index in [0.29, 0.717) is 11.3 Å². The summed E-state index contributed by atoms with van der Waals surface area (Å²) >= 11 is 3.05. The van der Waals surface area contributed by atoms with Crippen LogP contribution in [0.15, 0.2) is 46.0 Å². The molecule has 21 heavy (non-hydrogen) atoms. The fraction of sp³-hybridized carbons (Fsp3) is 0.0714. The molecule has 0 aromatic heterocycles. The van der Waals surface area contributed by atoms with Crippen molar-refractivity contribution < 1.29 is 19.4 Å². The van der Waals surface area contributed by atoms with Gasteiger partial charge in [-0.2, -0.15) is 0 Å². The smallest absolute Gasteiger partial charge is 0.180 e. The zero-order chi connectivity index (χ0) is 15.4. The number of hydrogen-bond donors (Lipinski definition) is 3. The van der Waals surface area contributed by atoms with Gasteiger partial charge in [-0.25, -0.2) is 4.39 Å². The third-order valence-electron chi connectivity index (χ3n) is 2.74. The first-order chi connectivity index (χ1) is 10.1. The lowest BCUT2D eigenvalue weighted by molar-refractivity contribution is 0.281. The van der Waals surface area contributed by atoms with E-state index < -0.39 is 5.82 Å². The van der Waals surface area contributed by atoms with Crippen LogP contribution in [0.25, 0.3) is 0 Å². The van der Waals surface area contributed by atoms with Crippen molar-refractivity contribution in [2.24, 2.45) is 10.9 Å². The summed E-state index contributed by atoms with van der Waals surface area (Å²) in [6.07, 6.45) is 0. The Kier molecular flexibility index (Phi) is 4.77. The predicted octanol–water partition coefficient (Wildman–Crippen LogP) is 2.97. The van der Waals surface area contributed by atoms with Crippen molar-refractivity contribution in [2.45, 2.75) is 6.61 Å². The summed E-state index contributed by atoms with van der Waals surface area (Å²) in [7, 11) is 0. The molecule has 0 amide bonds. The molecule has 0 atom stereocenters. The number of hydrogen-bond acceptors (Lipinski definition) is 4. The van der Waals surface area contributed by atoms with Crippen molar-refractivity contribution >= 4 is 21.8 Å². The molecular weight excluding hydrogens is 343 g/mol. The molecule has 2 aromatic rings. The van der Waals surface area contributed by atoms with Crippen molar-refractivity contribution in [1.82, 2.24) is 0 Å². The van der Waals surface area contributed by atoms with Crippen LogP contribution in [0.1, 0.15) is 11.1 Å². The number of halogens is 2. The van der Waals surface area contributed by atoms with Gasteiger partial charge >= 0.3 is 0 Å². The van der Waals surface area contributed by atoms with Crippen LogP contribution >= 0.6 is 15.9 Å². The molecule has 7 heteroatoms. The Bertz CT molecular complexity index is 692. The lowest BCUT2D eigenvalue weighted by atomic mass is 10.2. The largest absolute Gasteiger partial charge is 0.454 e. The molecule has 0 aliphatic heterocycles. The molecule has 0 saturated heterocycles. The molecule has 0 unspecified atom stereocenters. The van der Waals surface area contributed by atoms with Gasteiger partial charge in [0.2, 0.25) is 0 Å². The Morgan fingerprint density at radius 1 is 1.33 bits per heavy atom. The molecule has 0 fully saturated rings. The SMILES string of the molecule is N/C(=N/O)c1ccc(Oc2cccc(CO)c2)c(F)c1Br. The number of nitrogens with zero attached hydrogens (tertiary/aromatic N) is 1. The summed E-state index contributed by atoms with van der Waals surface area (Å²) in [5.41, 5.74) is 6.31. The van der Waals surface area contributed by atoms with Crippen LogP contribution in [-0.2, 0) is 6.61 Å². The third kappa shape index (κ3) is 3.32. The highest BCUT2D eigenvalue weighted by atomic mass is 79.9. The fourth-order valence-corrected chi connectivity index (χ4v) is 2.23. The van der Waals surface area contributed by atoms with Crippen LogP contribution in [0.5, 0.6) is 11.5 Å². The maximum Gasteiger partial charge on any atom is 0.180 e. The number of rotatable bonds is 4. The van der Waals surface area contributed by atoms with Gasteiger partial charge in [0.15, 0.2) is 17.4 Å². The van der Waals surface area contributed by atoms with Crippen LogP contribution in [0, 0.1) is 5.82 Å². The van der Waals surface area contributed by atoms with E-state index in [-0.39, 0.29) is 28.2 Å². The van der Waals surface area contributed by atoms with E-state index >= 15 is 0 Å². The van der Waals surface area contributed by atoms with Crippen molar-refractivity contribution in [2.75, 3.05) is 0 Å². The number of aliphatic hydroxyl groups is 1. The van der Waals surface area contributed by atoms with Gasteiger partial charge in [0.1, 0.15) is 5.75 Å². The first-order valence-electron chi connectivity index (χ1n) is 5.90. The normalized spacial score (nSPS) is 11.5. The second kappa shape index (κ2) is 6.55. The third-order valence-corrected chi connectivity index (χ3v) is 3.51. The number of benzene rings is 2. The highest BCUT2D eigenvalue weighted by Crippen LogP contribution is 2.32. The van der Waals surface area contributed by atoms with Crippen molar-refractivity contribution in [3.8, 4) is 11.5 Å². The van der Waals surface area contributed by atoms with E-state index in [0.717, 1.165) is 0 Å². The van der Waals surface area contributed by atoms with E-state index in [1.54, 1.807) is 24.3 Å². The molecule has 0 heterocycles. The number of amidine groups is 1. The number of aliphatic hydroxyl groups excluding tert-OH is 1. The zero-order valence-corrected chi connectivity index (χ0v) is 12.3. The minimum atomic E-state index is -0.673. The van der Waals surface area contributed by atoms with Gasteiger partial charge in [0.05, 0.1) is 11.1 Å². The van der Waals surface area contributed by atoms with E-state index in [4.69, 9.17) is 20.8 Å². The lowest BCUT2D eigenvalue weighted by Gasteiger charge is -2.11. The molecule has 0 radical (unpaired) electrons. The van der Waals surface area contributed by atoms with Crippen LogP contribution in [0.3, 0.4) is 0 Å². The van der Waals surface area contributed by atoms with Gasteiger partial charge in [-0.3, -0.25) is 0 Å². The quantitative estimate of drug-likeness (QED) is 0.341. The number of nitrogens with two attached hydrogens (primary N) is 1. The van der Waals surface area contributed by atoms with Crippen molar-refractivity contribution in [3.05, 3.63) is 57.8 Å². The Morgan fingerprint density at radius 2 is 2.10 bits per heavy atom. The molecule has 0 saturated carbocycles. The van der Waals surface area contributed by atoms with Gasteiger partial charge in [-0.1, -0.05) is 17.3 Å². The summed E-state index contributed by atoms with van der Waals surface area (Å²) in [6, 6.07) is 9.50. The molecule has 0 spiro atoms. The minimum absolute atomic E-state index is 0.0218. The number of ether oxygens (including phenoxy) is 1. The maximum atomic E-state index is 14.2. The molecule has 0 aliphatic carbocycles. The molecule has 0 bridgehead atoms. The second-order valence-electron chi connectivity index (χ2n) is 4.13. The van der Waals surface area contributed by atoms with Gasteiger partial charge in [0, 0.05) is 5.56 Å². The van der Waals surface area contributed by atoms with Crippen molar-refractivity contribution in [3.63, 3.8) is 0 Å².